The molecule has 156 valence electrons. The summed E-state index contributed by atoms with van der Waals surface area (Å²) in [6.07, 6.45) is 3.65. The van der Waals surface area contributed by atoms with E-state index in [9.17, 15) is 4.79 Å². The van der Waals surface area contributed by atoms with Gasteiger partial charge in [0.2, 0.25) is 0 Å². The first-order chi connectivity index (χ1) is 15.2. The molecule has 5 nitrogen and oxygen atoms in total. The SMILES string of the molecule is COc1cccc2c1CCC2COC(=O)c1cn(-c2ccccc2)nc1-c1cccs1. The van der Waals surface area contributed by atoms with Crippen LogP contribution in [0.4, 0.5) is 0 Å². The predicted octanol–water partition coefficient (Wildman–Crippen LogP) is 5.50. The lowest BCUT2D eigenvalue weighted by Gasteiger charge is -2.13. The maximum Gasteiger partial charge on any atom is 0.342 e. The Morgan fingerprint density at radius 1 is 1.13 bits per heavy atom. The Bertz CT molecular complexity index is 1200. The van der Waals surface area contributed by atoms with Crippen LogP contribution in [-0.4, -0.2) is 29.5 Å². The number of aromatic nitrogens is 2. The molecule has 5 rings (SSSR count). The van der Waals surface area contributed by atoms with Crippen LogP contribution in [0.15, 0.2) is 72.2 Å². The molecule has 0 N–H and O–H groups in total. The predicted molar refractivity (Wildman–Crippen MR) is 121 cm³/mol. The molecule has 0 fully saturated rings. The summed E-state index contributed by atoms with van der Waals surface area (Å²) in [5, 5.41) is 6.67. The third-order valence-corrected chi connectivity index (χ3v) is 6.57. The lowest BCUT2D eigenvalue weighted by molar-refractivity contribution is 0.0480. The van der Waals surface area contributed by atoms with Crippen molar-refractivity contribution in [2.45, 2.75) is 18.8 Å². The summed E-state index contributed by atoms with van der Waals surface area (Å²) >= 11 is 1.56. The fraction of sp³-hybridized carbons (Fsp3) is 0.200. The van der Waals surface area contributed by atoms with Crippen LogP contribution in [-0.2, 0) is 11.2 Å². The van der Waals surface area contributed by atoms with Crippen LogP contribution in [0.2, 0.25) is 0 Å². The van der Waals surface area contributed by atoms with E-state index in [0.29, 0.717) is 17.9 Å². The maximum absolute atomic E-state index is 13.1. The number of esters is 1. The first kappa shape index (κ1) is 19.6. The molecule has 1 atom stereocenters. The number of carbonyl (C=O) groups excluding carboxylic acids is 1. The number of thiophene rings is 1. The molecular weight excluding hydrogens is 408 g/mol. The molecular formula is C25H22N2O3S. The Morgan fingerprint density at radius 2 is 2.00 bits per heavy atom. The van der Waals surface area contributed by atoms with E-state index < -0.39 is 0 Å². The van der Waals surface area contributed by atoms with Crippen molar-refractivity contribution >= 4 is 17.3 Å². The highest BCUT2D eigenvalue weighted by Gasteiger charge is 2.27. The summed E-state index contributed by atoms with van der Waals surface area (Å²) in [5.41, 5.74) is 4.47. The molecule has 0 radical (unpaired) electrons. The maximum atomic E-state index is 13.1. The Labute approximate surface area is 184 Å². The second kappa shape index (κ2) is 8.40. The number of benzene rings is 2. The molecule has 6 heteroatoms. The van der Waals surface area contributed by atoms with E-state index in [-0.39, 0.29) is 11.9 Å². The van der Waals surface area contributed by atoms with Crippen LogP contribution in [0.25, 0.3) is 16.3 Å². The van der Waals surface area contributed by atoms with Gasteiger partial charge in [0.25, 0.3) is 0 Å². The van der Waals surface area contributed by atoms with Gasteiger partial charge < -0.3 is 9.47 Å². The van der Waals surface area contributed by atoms with Crippen molar-refractivity contribution in [3.05, 3.63) is 88.9 Å². The summed E-state index contributed by atoms with van der Waals surface area (Å²) in [7, 11) is 1.69. The van der Waals surface area contributed by atoms with Crippen molar-refractivity contribution in [1.29, 1.82) is 0 Å². The van der Waals surface area contributed by atoms with E-state index in [1.807, 2.05) is 60.0 Å². The topological polar surface area (TPSA) is 53.4 Å². The molecule has 4 aromatic rings. The van der Waals surface area contributed by atoms with Crippen molar-refractivity contribution in [2.75, 3.05) is 13.7 Å². The van der Waals surface area contributed by atoms with Gasteiger partial charge in [0.1, 0.15) is 17.0 Å². The molecule has 2 aromatic heterocycles. The van der Waals surface area contributed by atoms with Crippen LogP contribution in [0.3, 0.4) is 0 Å². The molecule has 0 saturated carbocycles. The lowest BCUT2D eigenvalue weighted by Crippen LogP contribution is -2.12. The minimum atomic E-state index is -0.345. The molecule has 1 aliphatic carbocycles. The van der Waals surface area contributed by atoms with Crippen LogP contribution in [0.1, 0.15) is 33.8 Å². The summed E-state index contributed by atoms with van der Waals surface area (Å²) in [5.74, 6) is 0.751. The van der Waals surface area contributed by atoms with Gasteiger partial charge in [-0.2, -0.15) is 5.10 Å². The van der Waals surface area contributed by atoms with E-state index in [1.54, 1.807) is 29.3 Å². The largest absolute Gasteiger partial charge is 0.496 e. The minimum absolute atomic E-state index is 0.184. The van der Waals surface area contributed by atoms with Gasteiger partial charge in [0, 0.05) is 12.1 Å². The van der Waals surface area contributed by atoms with Crippen molar-refractivity contribution < 1.29 is 14.3 Å². The van der Waals surface area contributed by atoms with Crippen LogP contribution >= 0.6 is 11.3 Å². The average Bonchev–Trinajstić information content (AvgIpc) is 3.57. The highest BCUT2D eigenvalue weighted by molar-refractivity contribution is 7.13. The molecule has 0 bridgehead atoms. The van der Waals surface area contributed by atoms with Gasteiger partial charge in [-0.25, -0.2) is 9.48 Å². The number of methoxy groups -OCH3 is 1. The number of fused-ring (bicyclic) bond motifs is 1. The number of carbonyl (C=O) groups is 1. The first-order valence-electron chi connectivity index (χ1n) is 10.3. The Kier molecular flexibility index (Phi) is 5.30. The molecule has 2 aromatic carbocycles. The van der Waals surface area contributed by atoms with E-state index in [1.165, 1.54) is 11.1 Å². The summed E-state index contributed by atoms with van der Waals surface area (Å²) in [6.45, 7) is 0.347. The number of ether oxygens (including phenoxy) is 2. The van der Waals surface area contributed by atoms with Crippen molar-refractivity contribution in [3.8, 4) is 22.0 Å². The summed E-state index contributed by atoms with van der Waals surface area (Å²) in [4.78, 5) is 14.0. The normalized spacial score (nSPS) is 14.9. The highest BCUT2D eigenvalue weighted by atomic mass is 32.1. The first-order valence-corrected chi connectivity index (χ1v) is 11.1. The highest BCUT2D eigenvalue weighted by Crippen LogP contribution is 2.38. The van der Waals surface area contributed by atoms with E-state index in [2.05, 4.69) is 6.07 Å². The van der Waals surface area contributed by atoms with Crippen molar-refractivity contribution in [3.63, 3.8) is 0 Å². The average molecular weight is 431 g/mol. The molecule has 0 spiro atoms. The van der Waals surface area contributed by atoms with Crippen molar-refractivity contribution in [1.82, 2.24) is 9.78 Å². The fourth-order valence-electron chi connectivity index (χ4n) is 4.16. The van der Waals surface area contributed by atoms with Gasteiger partial charge in [-0.3, -0.25) is 0 Å². The quantitative estimate of drug-likeness (QED) is 0.379. The number of para-hydroxylation sites is 1. The number of rotatable bonds is 6. The molecule has 1 aliphatic rings. The monoisotopic (exact) mass is 430 g/mol. The van der Waals surface area contributed by atoms with Gasteiger partial charge in [-0.1, -0.05) is 36.4 Å². The second-order valence-corrected chi connectivity index (χ2v) is 8.46. The zero-order chi connectivity index (χ0) is 21.2. The Morgan fingerprint density at radius 3 is 2.77 bits per heavy atom. The Balaban J connectivity index is 1.39. The van der Waals surface area contributed by atoms with E-state index in [4.69, 9.17) is 14.6 Å². The fourth-order valence-corrected chi connectivity index (χ4v) is 4.88. The minimum Gasteiger partial charge on any atom is -0.496 e. The zero-order valence-electron chi connectivity index (χ0n) is 17.2. The molecule has 0 amide bonds. The molecule has 0 saturated heterocycles. The third kappa shape index (κ3) is 3.75. The lowest BCUT2D eigenvalue weighted by atomic mass is 10.0. The number of hydrogen-bond donors (Lipinski definition) is 0. The third-order valence-electron chi connectivity index (χ3n) is 5.70. The standard InChI is InChI=1S/C25H22N2O3S/c1-29-22-10-5-9-19-17(12-13-20(19)22)16-30-25(28)21-15-27(18-7-3-2-4-8-18)26-24(21)23-11-6-14-31-23/h2-11,14-15,17H,12-13,16H2,1H3. The zero-order valence-corrected chi connectivity index (χ0v) is 18.0. The van der Waals surface area contributed by atoms with Crippen LogP contribution in [0.5, 0.6) is 5.75 Å². The van der Waals surface area contributed by atoms with E-state index in [0.717, 1.165) is 29.2 Å². The van der Waals surface area contributed by atoms with Crippen LogP contribution in [0, 0.1) is 0 Å². The Hall–Kier alpha value is -3.38. The molecule has 31 heavy (non-hydrogen) atoms. The van der Waals surface area contributed by atoms with Crippen LogP contribution < -0.4 is 4.74 Å². The van der Waals surface area contributed by atoms with Gasteiger partial charge in [-0.15, -0.1) is 11.3 Å². The number of hydrogen-bond acceptors (Lipinski definition) is 5. The van der Waals surface area contributed by atoms with Gasteiger partial charge >= 0.3 is 5.97 Å². The van der Waals surface area contributed by atoms with Crippen molar-refractivity contribution in [2.24, 2.45) is 0 Å². The van der Waals surface area contributed by atoms with Gasteiger partial charge in [0.05, 0.1) is 24.3 Å². The van der Waals surface area contributed by atoms with Gasteiger partial charge in [-0.05, 0) is 53.6 Å². The second-order valence-electron chi connectivity index (χ2n) is 7.51. The van der Waals surface area contributed by atoms with Gasteiger partial charge in [0.15, 0.2) is 0 Å². The molecule has 1 unspecified atom stereocenters. The summed E-state index contributed by atoms with van der Waals surface area (Å²) < 4.78 is 13.0. The summed E-state index contributed by atoms with van der Waals surface area (Å²) in [6, 6.07) is 19.8. The molecule has 0 aliphatic heterocycles. The smallest absolute Gasteiger partial charge is 0.342 e. The van der Waals surface area contributed by atoms with E-state index >= 15 is 0 Å². The molecule has 2 heterocycles. The number of nitrogens with zero attached hydrogens (tertiary/aromatic N) is 2.